The summed E-state index contributed by atoms with van der Waals surface area (Å²) in [6.45, 7) is 2.07. The molecule has 2 atom stereocenters. The molecule has 0 bridgehead atoms. The standard InChI is InChI=1S/C22H22N2O5/c1-13(20(25)24-11-10-19(24)21(26)27)23-22(28)29-12-18-16-8-4-2-6-14(16)15-7-3-5-9-17(15)18/h2-9,13,18-19H,10-12H2,1H3,(H,23,28)(H,26,27)/t13-,19?/m0/s1. The zero-order chi connectivity index (χ0) is 20.5. The summed E-state index contributed by atoms with van der Waals surface area (Å²) in [6.07, 6.45) is -0.265. The Morgan fingerprint density at radius 3 is 2.21 bits per heavy atom. The molecule has 2 aromatic carbocycles. The largest absolute Gasteiger partial charge is 0.480 e. The number of carboxylic acids is 1. The Kier molecular flexibility index (Phi) is 4.96. The van der Waals surface area contributed by atoms with Crippen LogP contribution in [0.15, 0.2) is 48.5 Å². The molecule has 1 saturated heterocycles. The first-order valence-corrected chi connectivity index (χ1v) is 9.62. The van der Waals surface area contributed by atoms with Crippen molar-refractivity contribution in [3.05, 3.63) is 59.7 Å². The number of likely N-dealkylation sites (tertiary alicyclic amines) is 1. The van der Waals surface area contributed by atoms with Crippen molar-refractivity contribution in [2.75, 3.05) is 13.2 Å². The number of nitrogens with zero attached hydrogens (tertiary/aromatic N) is 1. The van der Waals surface area contributed by atoms with Gasteiger partial charge in [-0.05, 0) is 35.6 Å². The van der Waals surface area contributed by atoms with Crippen LogP contribution in [0.5, 0.6) is 0 Å². The van der Waals surface area contributed by atoms with Gasteiger partial charge in [0.2, 0.25) is 5.91 Å². The predicted octanol–water partition coefficient (Wildman–Crippen LogP) is 2.60. The van der Waals surface area contributed by atoms with Gasteiger partial charge in [0.05, 0.1) is 0 Å². The smallest absolute Gasteiger partial charge is 0.407 e. The maximum absolute atomic E-state index is 12.4. The van der Waals surface area contributed by atoms with Crippen LogP contribution >= 0.6 is 0 Å². The summed E-state index contributed by atoms with van der Waals surface area (Å²) in [5.41, 5.74) is 4.49. The minimum atomic E-state index is -1.03. The van der Waals surface area contributed by atoms with Gasteiger partial charge in [-0.15, -0.1) is 0 Å². The van der Waals surface area contributed by atoms with Crippen LogP contribution in [-0.4, -0.2) is 53.2 Å². The van der Waals surface area contributed by atoms with Crippen molar-refractivity contribution in [1.29, 1.82) is 0 Å². The molecule has 1 aliphatic heterocycles. The Morgan fingerprint density at radius 1 is 1.10 bits per heavy atom. The van der Waals surface area contributed by atoms with Gasteiger partial charge >= 0.3 is 12.1 Å². The molecular formula is C22H22N2O5. The number of fused-ring (bicyclic) bond motifs is 3. The lowest BCUT2D eigenvalue weighted by atomic mass is 9.98. The number of carbonyl (C=O) groups is 3. The average molecular weight is 394 g/mol. The fourth-order valence-electron chi connectivity index (χ4n) is 4.04. The Balaban J connectivity index is 1.38. The number of aliphatic carboxylic acids is 1. The van der Waals surface area contributed by atoms with E-state index in [0.29, 0.717) is 13.0 Å². The highest BCUT2D eigenvalue weighted by Crippen LogP contribution is 2.44. The van der Waals surface area contributed by atoms with Crippen LogP contribution in [0.2, 0.25) is 0 Å². The number of alkyl carbamates (subject to hydrolysis) is 1. The van der Waals surface area contributed by atoms with Crippen molar-refractivity contribution in [2.45, 2.75) is 31.3 Å². The minimum Gasteiger partial charge on any atom is -0.480 e. The number of hydrogen-bond donors (Lipinski definition) is 2. The molecule has 2 N–H and O–H groups in total. The molecule has 2 aliphatic rings. The van der Waals surface area contributed by atoms with Crippen molar-refractivity contribution in [3.8, 4) is 11.1 Å². The molecule has 0 aromatic heterocycles. The molecule has 2 amide bonds. The number of ether oxygens (including phenoxy) is 1. The maximum Gasteiger partial charge on any atom is 0.407 e. The molecule has 1 heterocycles. The third kappa shape index (κ3) is 3.44. The zero-order valence-corrected chi connectivity index (χ0v) is 16.0. The summed E-state index contributed by atoms with van der Waals surface area (Å²) >= 11 is 0. The van der Waals surface area contributed by atoms with Crippen molar-refractivity contribution in [3.63, 3.8) is 0 Å². The van der Waals surface area contributed by atoms with Crippen molar-refractivity contribution in [2.24, 2.45) is 0 Å². The Labute approximate surface area is 168 Å². The van der Waals surface area contributed by atoms with Crippen LogP contribution in [-0.2, 0) is 14.3 Å². The molecule has 0 saturated carbocycles. The first kappa shape index (κ1) is 19.0. The van der Waals surface area contributed by atoms with E-state index in [-0.39, 0.29) is 12.5 Å². The normalized spacial score (nSPS) is 18.2. The maximum atomic E-state index is 12.4. The Morgan fingerprint density at radius 2 is 1.69 bits per heavy atom. The number of nitrogens with one attached hydrogen (secondary N) is 1. The lowest BCUT2D eigenvalue weighted by Gasteiger charge is -2.39. The SMILES string of the molecule is C[C@H](NC(=O)OCC1c2ccccc2-c2ccccc21)C(=O)N1CCC1C(=O)O. The quantitative estimate of drug-likeness (QED) is 0.813. The van der Waals surface area contributed by atoms with E-state index in [1.165, 1.54) is 11.8 Å². The van der Waals surface area contributed by atoms with Gasteiger partial charge in [-0.3, -0.25) is 4.79 Å². The van der Waals surface area contributed by atoms with Crippen molar-refractivity contribution < 1.29 is 24.2 Å². The fraction of sp³-hybridized carbons (Fsp3) is 0.318. The van der Waals surface area contributed by atoms with Crippen molar-refractivity contribution in [1.82, 2.24) is 10.2 Å². The molecule has 150 valence electrons. The fourth-order valence-corrected chi connectivity index (χ4v) is 4.04. The van der Waals surface area contributed by atoms with Crippen LogP contribution in [0.3, 0.4) is 0 Å². The molecule has 7 heteroatoms. The second-order valence-corrected chi connectivity index (χ2v) is 7.37. The molecular weight excluding hydrogens is 372 g/mol. The Hall–Kier alpha value is -3.35. The number of carboxylic acid groups (broad SMARTS) is 1. The monoisotopic (exact) mass is 394 g/mol. The van der Waals surface area contributed by atoms with Crippen LogP contribution in [0.1, 0.15) is 30.4 Å². The van der Waals surface area contributed by atoms with Gasteiger partial charge in [-0.1, -0.05) is 48.5 Å². The van der Waals surface area contributed by atoms with Gasteiger partial charge in [0.1, 0.15) is 18.7 Å². The van der Waals surface area contributed by atoms with Gasteiger partial charge in [-0.2, -0.15) is 0 Å². The van der Waals surface area contributed by atoms with Gasteiger partial charge in [0, 0.05) is 12.5 Å². The highest BCUT2D eigenvalue weighted by molar-refractivity contribution is 5.90. The highest BCUT2D eigenvalue weighted by Gasteiger charge is 2.39. The molecule has 4 rings (SSSR count). The van der Waals surface area contributed by atoms with E-state index in [1.807, 2.05) is 36.4 Å². The average Bonchev–Trinajstić information content (AvgIpc) is 2.99. The summed E-state index contributed by atoms with van der Waals surface area (Å²) in [6, 6.07) is 14.4. The molecule has 29 heavy (non-hydrogen) atoms. The van der Waals surface area contributed by atoms with Crippen LogP contribution < -0.4 is 5.32 Å². The first-order chi connectivity index (χ1) is 14.0. The second-order valence-electron chi connectivity index (χ2n) is 7.37. The number of hydrogen-bond acceptors (Lipinski definition) is 4. The topological polar surface area (TPSA) is 95.9 Å². The zero-order valence-electron chi connectivity index (χ0n) is 16.0. The molecule has 0 radical (unpaired) electrons. The predicted molar refractivity (Wildman–Crippen MR) is 105 cm³/mol. The number of rotatable bonds is 5. The number of amides is 2. The van der Waals surface area contributed by atoms with E-state index in [2.05, 4.69) is 17.4 Å². The van der Waals surface area contributed by atoms with Crippen molar-refractivity contribution >= 4 is 18.0 Å². The van der Waals surface area contributed by atoms with E-state index in [4.69, 9.17) is 9.84 Å². The number of carbonyl (C=O) groups excluding carboxylic acids is 2. The lowest BCUT2D eigenvalue weighted by molar-refractivity contribution is -0.157. The summed E-state index contributed by atoms with van der Waals surface area (Å²) < 4.78 is 5.43. The van der Waals surface area contributed by atoms with E-state index in [9.17, 15) is 14.4 Å². The van der Waals surface area contributed by atoms with E-state index in [1.54, 1.807) is 0 Å². The first-order valence-electron chi connectivity index (χ1n) is 9.62. The van der Waals surface area contributed by atoms with Gasteiger partial charge in [0.25, 0.3) is 0 Å². The lowest BCUT2D eigenvalue weighted by Crippen LogP contribution is -2.59. The van der Waals surface area contributed by atoms with Gasteiger partial charge in [-0.25, -0.2) is 9.59 Å². The summed E-state index contributed by atoms with van der Waals surface area (Å²) in [4.78, 5) is 37.0. The Bertz CT molecular complexity index is 928. The summed E-state index contributed by atoms with van der Waals surface area (Å²) in [7, 11) is 0. The van der Waals surface area contributed by atoms with Crippen LogP contribution in [0, 0.1) is 0 Å². The molecule has 1 unspecified atom stereocenters. The third-order valence-corrected chi connectivity index (χ3v) is 5.64. The van der Waals surface area contributed by atoms with E-state index < -0.39 is 30.1 Å². The van der Waals surface area contributed by atoms with E-state index in [0.717, 1.165) is 22.3 Å². The van der Waals surface area contributed by atoms with Gasteiger partial charge < -0.3 is 20.1 Å². The molecule has 7 nitrogen and oxygen atoms in total. The number of benzene rings is 2. The van der Waals surface area contributed by atoms with Gasteiger partial charge in [0.15, 0.2) is 0 Å². The summed E-state index contributed by atoms with van der Waals surface area (Å²) in [5.74, 6) is -1.51. The molecule has 2 aromatic rings. The highest BCUT2D eigenvalue weighted by atomic mass is 16.5. The van der Waals surface area contributed by atoms with E-state index >= 15 is 0 Å². The summed E-state index contributed by atoms with van der Waals surface area (Å²) in [5, 5.41) is 11.6. The minimum absolute atomic E-state index is 0.0640. The molecule has 1 aliphatic carbocycles. The molecule has 0 spiro atoms. The molecule has 1 fully saturated rings. The second kappa shape index (κ2) is 7.58. The third-order valence-electron chi connectivity index (χ3n) is 5.64. The van der Waals surface area contributed by atoms with Crippen LogP contribution in [0.25, 0.3) is 11.1 Å². The van der Waals surface area contributed by atoms with Crippen LogP contribution in [0.4, 0.5) is 4.79 Å².